The van der Waals surface area contributed by atoms with E-state index in [1.165, 1.54) is 103 Å². The minimum Gasteiger partial charge on any atom is -0.463 e. The van der Waals surface area contributed by atoms with Crippen LogP contribution in [0, 0.1) is 0 Å². The Hall–Kier alpha value is -4.83. The van der Waals surface area contributed by atoms with E-state index in [1.54, 1.807) is 0 Å². The third-order valence-electron chi connectivity index (χ3n) is 17.2. The molecular formula is C89H150O16P2. The Balaban J connectivity index is 4.64. The first-order valence-electron chi connectivity index (χ1n) is 41.8. The van der Waals surface area contributed by atoms with Gasteiger partial charge in [-0.3, -0.25) is 32.5 Å². The molecule has 0 aromatic carbocycles. The van der Waals surface area contributed by atoms with Crippen molar-refractivity contribution in [3.63, 3.8) is 0 Å². The normalized spacial score (nSPS) is 14.7. The van der Waals surface area contributed by atoms with Crippen LogP contribution < -0.4 is 0 Å². The van der Waals surface area contributed by atoms with Crippen molar-refractivity contribution in [3.05, 3.63) is 158 Å². The highest BCUT2D eigenvalue weighted by Crippen LogP contribution is 2.45. The van der Waals surface area contributed by atoms with E-state index in [9.17, 15) is 43.5 Å². The fourth-order valence-electron chi connectivity index (χ4n) is 10.9. The number of ether oxygens (including phenoxy) is 3. The molecular weight excluding hydrogens is 1390 g/mol. The summed E-state index contributed by atoms with van der Waals surface area (Å²) in [5.74, 6) is -1.62. The predicted molar refractivity (Wildman–Crippen MR) is 445 cm³/mol. The summed E-state index contributed by atoms with van der Waals surface area (Å²) in [4.78, 5) is 58.8. The number of rotatable bonds is 78. The number of hydrogen-bond acceptors (Lipinski definition) is 14. The molecule has 0 aliphatic carbocycles. The summed E-state index contributed by atoms with van der Waals surface area (Å²) in [5.41, 5.74) is 0. The van der Waals surface area contributed by atoms with Crippen molar-refractivity contribution < 1.29 is 75.8 Å². The van der Waals surface area contributed by atoms with Gasteiger partial charge in [0.25, 0.3) is 0 Å². The van der Waals surface area contributed by atoms with E-state index >= 15 is 0 Å². The molecule has 0 amide bonds. The molecule has 0 rings (SSSR count). The molecule has 612 valence electrons. The monoisotopic (exact) mass is 1540 g/mol. The molecule has 0 bridgehead atoms. The van der Waals surface area contributed by atoms with E-state index in [-0.39, 0.29) is 19.3 Å². The molecule has 0 spiro atoms. The van der Waals surface area contributed by atoms with Gasteiger partial charge in [-0.1, -0.05) is 314 Å². The Morgan fingerprint density at radius 3 is 0.785 bits per heavy atom. The lowest BCUT2D eigenvalue weighted by atomic mass is 10.0. The van der Waals surface area contributed by atoms with Gasteiger partial charge in [0.05, 0.1) is 26.4 Å². The standard InChI is InChI=1S/C89H150O16P2/c1-4-7-10-13-16-19-22-25-28-31-34-37-38-39-40-41-42-43-44-47-49-51-54-57-60-63-66-69-72-75-87(92)99-78-84(90)79-101-106(95,96)102-80-85(91)81-103-107(97,98)104-83-86(105-89(94)77-74-71-68-65-62-59-56-53-50-46-36-33-30-27-24-21-18-15-12-9-6-3)82-100-88(93)76-73-70-67-64-61-58-55-52-48-45-35-32-29-26-23-20-17-14-11-8-5-2/h7,10,16-21,25-30,34-37,39-40,45-46,52-53,55-56,84-86,90-91H,4-6,8-9,11-15,22-24,31-33,38,41-44,47-51,54,57-83H2,1-3H3,(H,95,96)(H,97,98)/b10-7-,19-16-,20-17-,21-18-,28-25-,29-26-,30-27-,37-34-,40-39-,45-35-,46-36-,55-52-,56-53-. The summed E-state index contributed by atoms with van der Waals surface area (Å²) in [6.07, 6.45) is 101. The number of unbranched alkanes of at least 4 members (excludes halogenated alkanes) is 29. The van der Waals surface area contributed by atoms with Gasteiger partial charge in [0.1, 0.15) is 25.4 Å². The van der Waals surface area contributed by atoms with E-state index in [1.807, 2.05) is 0 Å². The number of esters is 3. The predicted octanol–water partition coefficient (Wildman–Crippen LogP) is 25.0. The minimum absolute atomic E-state index is 0.0745. The molecule has 5 unspecified atom stereocenters. The van der Waals surface area contributed by atoms with Crippen LogP contribution >= 0.6 is 15.6 Å². The third-order valence-corrected chi connectivity index (χ3v) is 19.1. The zero-order valence-electron chi connectivity index (χ0n) is 67.0. The SMILES string of the molecule is CC/C=C\C/C=C\C/C=C\C/C=C\C/C=C\CCCCCCCCCCCCCCCC(=O)OCC(O)COP(=O)(O)OCC(O)COP(=O)(O)OCC(COC(=O)CCCCCCC/C=C\C/C=C\C/C=C\C/C=C\CCCCC)OC(=O)CCCCCCC/C=C\C/C=C\C/C=C\C/C=C\CCCCC. The summed E-state index contributed by atoms with van der Waals surface area (Å²) in [6, 6.07) is 0. The molecule has 107 heavy (non-hydrogen) atoms. The van der Waals surface area contributed by atoms with Gasteiger partial charge in [-0.15, -0.1) is 0 Å². The number of allylic oxidation sites excluding steroid dienone is 26. The van der Waals surface area contributed by atoms with Gasteiger partial charge in [-0.2, -0.15) is 0 Å². The number of carbonyl (C=O) groups is 3. The average Bonchev–Trinajstić information content (AvgIpc) is 0.907. The number of hydrogen-bond donors (Lipinski definition) is 4. The second-order valence-electron chi connectivity index (χ2n) is 27.5. The van der Waals surface area contributed by atoms with Crippen molar-refractivity contribution in [1.29, 1.82) is 0 Å². The maximum Gasteiger partial charge on any atom is 0.472 e. The van der Waals surface area contributed by atoms with Crippen LogP contribution in [0.4, 0.5) is 0 Å². The van der Waals surface area contributed by atoms with Crippen molar-refractivity contribution in [2.75, 3.05) is 39.6 Å². The average molecular weight is 1540 g/mol. The first-order chi connectivity index (χ1) is 52.2. The van der Waals surface area contributed by atoms with Crippen LogP contribution in [-0.4, -0.2) is 95.9 Å². The first kappa shape index (κ1) is 102. The number of aliphatic hydroxyl groups is 2. The molecule has 16 nitrogen and oxygen atoms in total. The van der Waals surface area contributed by atoms with E-state index in [4.69, 9.17) is 32.3 Å². The summed E-state index contributed by atoms with van der Waals surface area (Å²) < 4.78 is 61.3. The summed E-state index contributed by atoms with van der Waals surface area (Å²) in [6.45, 7) is 2.48. The molecule has 0 radical (unpaired) electrons. The quantitative estimate of drug-likeness (QED) is 0.0146. The Morgan fingerprint density at radius 2 is 0.495 bits per heavy atom. The molecule has 0 aromatic rings. The molecule has 18 heteroatoms. The Bertz CT molecular complexity index is 2580. The summed E-state index contributed by atoms with van der Waals surface area (Å²) in [5, 5.41) is 20.7. The molecule has 0 aliphatic rings. The smallest absolute Gasteiger partial charge is 0.463 e. The maximum absolute atomic E-state index is 13.0. The van der Waals surface area contributed by atoms with E-state index in [0.717, 1.165) is 167 Å². The zero-order valence-corrected chi connectivity index (χ0v) is 68.8. The van der Waals surface area contributed by atoms with Crippen molar-refractivity contribution in [3.8, 4) is 0 Å². The largest absolute Gasteiger partial charge is 0.472 e. The van der Waals surface area contributed by atoms with Crippen LogP contribution in [0.5, 0.6) is 0 Å². The van der Waals surface area contributed by atoms with Crippen molar-refractivity contribution in [2.24, 2.45) is 0 Å². The van der Waals surface area contributed by atoms with E-state index < -0.39 is 91.5 Å². The van der Waals surface area contributed by atoms with Gasteiger partial charge in [0.2, 0.25) is 0 Å². The van der Waals surface area contributed by atoms with Crippen molar-refractivity contribution in [2.45, 2.75) is 347 Å². The fraction of sp³-hybridized carbons (Fsp3) is 0.674. The highest BCUT2D eigenvalue weighted by atomic mass is 31.2. The van der Waals surface area contributed by atoms with Crippen LogP contribution in [0.3, 0.4) is 0 Å². The number of phosphoric acid groups is 2. The molecule has 0 saturated carbocycles. The lowest BCUT2D eigenvalue weighted by Gasteiger charge is -2.21. The van der Waals surface area contributed by atoms with Gasteiger partial charge in [0, 0.05) is 19.3 Å². The van der Waals surface area contributed by atoms with Crippen LogP contribution in [-0.2, 0) is 55.8 Å². The van der Waals surface area contributed by atoms with Gasteiger partial charge >= 0.3 is 33.6 Å². The second kappa shape index (κ2) is 80.7. The third kappa shape index (κ3) is 82.0. The van der Waals surface area contributed by atoms with Crippen molar-refractivity contribution in [1.82, 2.24) is 0 Å². The molecule has 0 saturated heterocycles. The molecule has 0 fully saturated rings. The van der Waals surface area contributed by atoms with Gasteiger partial charge in [-0.05, 0) is 154 Å². The van der Waals surface area contributed by atoms with E-state index in [0.29, 0.717) is 19.3 Å². The first-order valence-corrected chi connectivity index (χ1v) is 44.8. The Labute approximate surface area is 650 Å². The Morgan fingerprint density at radius 1 is 0.271 bits per heavy atom. The molecule has 4 N–H and O–H groups in total. The topological polar surface area (TPSA) is 231 Å². The number of aliphatic hydroxyl groups excluding tert-OH is 2. The van der Waals surface area contributed by atoms with E-state index in [2.05, 4.69) is 179 Å². The highest BCUT2D eigenvalue weighted by Gasteiger charge is 2.29. The van der Waals surface area contributed by atoms with Crippen LogP contribution in [0.25, 0.3) is 0 Å². The highest BCUT2D eigenvalue weighted by molar-refractivity contribution is 7.47. The lowest BCUT2D eigenvalue weighted by molar-refractivity contribution is -0.161. The number of carbonyl (C=O) groups excluding carboxylic acids is 3. The van der Waals surface area contributed by atoms with Crippen LogP contribution in [0.2, 0.25) is 0 Å². The maximum atomic E-state index is 13.0. The van der Waals surface area contributed by atoms with Gasteiger partial charge in [0.15, 0.2) is 6.10 Å². The van der Waals surface area contributed by atoms with Crippen molar-refractivity contribution >= 4 is 33.6 Å². The molecule has 0 aromatic heterocycles. The lowest BCUT2D eigenvalue weighted by Crippen LogP contribution is -2.30. The summed E-state index contributed by atoms with van der Waals surface area (Å²) in [7, 11) is -9.82. The van der Waals surface area contributed by atoms with Crippen LogP contribution in [0.15, 0.2) is 158 Å². The minimum atomic E-state index is -4.95. The molecule has 0 aliphatic heterocycles. The summed E-state index contributed by atoms with van der Waals surface area (Å²) >= 11 is 0. The number of phosphoric ester groups is 2. The van der Waals surface area contributed by atoms with Gasteiger partial charge in [-0.25, -0.2) is 9.13 Å². The van der Waals surface area contributed by atoms with Gasteiger partial charge < -0.3 is 34.2 Å². The second-order valence-corrected chi connectivity index (χ2v) is 30.4. The zero-order chi connectivity index (χ0) is 78.0. The molecule has 0 heterocycles. The fourth-order valence-corrected chi connectivity index (χ4v) is 12.4. The molecule has 5 atom stereocenters. The van der Waals surface area contributed by atoms with Crippen LogP contribution in [0.1, 0.15) is 329 Å². The Kier molecular flexibility index (Phi) is 77.0.